The molecule has 1 spiro atoms. The lowest BCUT2D eigenvalue weighted by Gasteiger charge is -2.35. The predicted octanol–water partition coefficient (Wildman–Crippen LogP) is 0.858. The number of nitrogens with one attached hydrogen (secondary N) is 1. The molecule has 1 aliphatic heterocycles. The topological polar surface area (TPSA) is 56.5 Å². The van der Waals surface area contributed by atoms with Crippen LogP contribution in [0.3, 0.4) is 0 Å². The van der Waals surface area contributed by atoms with Gasteiger partial charge in [0.2, 0.25) is 0 Å². The summed E-state index contributed by atoms with van der Waals surface area (Å²) in [5, 5.41) is 3.36. The second-order valence-electron chi connectivity index (χ2n) is 4.88. The normalized spacial score (nSPS) is 25.3. The first-order chi connectivity index (χ1) is 7.85. The monoisotopic (exact) mass is 228 g/mol. The zero-order valence-electron chi connectivity index (χ0n) is 10.0. The molecule has 1 aliphatic carbocycles. The summed E-state index contributed by atoms with van der Waals surface area (Å²) in [6, 6.07) is 0. The summed E-state index contributed by atoms with van der Waals surface area (Å²) in [4.78, 5) is 0. The van der Waals surface area contributed by atoms with E-state index in [2.05, 4.69) is 5.32 Å². The van der Waals surface area contributed by atoms with Crippen molar-refractivity contribution >= 4 is 0 Å². The molecule has 1 heterocycles. The molecule has 0 atom stereocenters. The first-order valence-corrected chi connectivity index (χ1v) is 6.53. The van der Waals surface area contributed by atoms with E-state index in [-0.39, 0.29) is 5.79 Å². The molecule has 94 valence electrons. The fourth-order valence-corrected chi connectivity index (χ4v) is 2.73. The lowest BCUT2D eigenvalue weighted by atomic mass is 9.83. The minimum absolute atomic E-state index is 0.193. The third-order valence-corrected chi connectivity index (χ3v) is 3.73. The maximum atomic E-state index is 5.72. The van der Waals surface area contributed by atoms with Gasteiger partial charge in [0.1, 0.15) is 0 Å². The highest BCUT2D eigenvalue weighted by Crippen LogP contribution is 2.39. The Morgan fingerprint density at radius 1 is 1.12 bits per heavy atom. The molecule has 2 aliphatic rings. The standard InChI is InChI=1S/C12H24N2O2/c13-6-8-14-7-3-11-1-4-12(5-2-11)15-9-10-16-12/h11,14H,1-10,13H2. The Morgan fingerprint density at radius 2 is 1.81 bits per heavy atom. The van der Waals surface area contributed by atoms with Crippen LogP contribution >= 0.6 is 0 Å². The summed E-state index contributed by atoms with van der Waals surface area (Å²) in [7, 11) is 0. The molecule has 2 fully saturated rings. The van der Waals surface area contributed by atoms with Gasteiger partial charge in [-0.3, -0.25) is 0 Å². The Kier molecular flexibility index (Phi) is 4.58. The number of hydrogen-bond acceptors (Lipinski definition) is 4. The van der Waals surface area contributed by atoms with Gasteiger partial charge in [0.25, 0.3) is 0 Å². The molecule has 0 radical (unpaired) electrons. The number of nitrogens with two attached hydrogens (primary N) is 1. The van der Waals surface area contributed by atoms with Gasteiger partial charge in [-0.2, -0.15) is 0 Å². The lowest BCUT2D eigenvalue weighted by molar-refractivity contribution is -0.182. The van der Waals surface area contributed by atoms with E-state index in [1.807, 2.05) is 0 Å². The summed E-state index contributed by atoms with van der Waals surface area (Å²) < 4.78 is 11.4. The molecule has 0 aromatic heterocycles. The highest BCUT2D eigenvalue weighted by atomic mass is 16.7. The third-order valence-electron chi connectivity index (χ3n) is 3.73. The van der Waals surface area contributed by atoms with Crippen molar-refractivity contribution in [2.45, 2.75) is 37.9 Å². The fraction of sp³-hybridized carbons (Fsp3) is 1.00. The largest absolute Gasteiger partial charge is 0.348 e. The van der Waals surface area contributed by atoms with Crippen molar-refractivity contribution in [3.63, 3.8) is 0 Å². The number of rotatable bonds is 5. The van der Waals surface area contributed by atoms with Crippen LogP contribution in [0.1, 0.15) is 32.1 Å². The second-order valence-corrected chi connectivity index (χ2v) is 4.88. The lowest BCUT2D eigenvalue weighted by Crippen LogP contribution is -2.36. The van der Waals surface area contributed by atoms with Gasteiger partial charge in [-0.05, 0) is 31.7 Å². The molecule has 3 N–H and O–H groups in total. The van der Waals surface area contributed by atoms with Gasteiger partial charge < -0.3 is 20.5 Å². The molecule has 0 unspecified atom stereocenters. The van der Waals surface area contributed by atoms with Crippen LogP contribution in [0.15, 0.2) is 0 Å². The Hall–Kier alpha value is -0.160. The highest BCUT2D eigenvalue weighted by Gasteiger charge is 2.39. The smallest absolute Gasteiger partial charge is 0.168 e. The van der Waals surface area contributed by atoms with E-state index in [0.717, 1.165) is 51.6 Å². The van der Waals surface area contributed by atoms with Gasteiger partial charge in [-0.15, -0.1) is 0 Å². The summed E-state index contributed by atoms with van der Waals surface area (Å²) in [6.07, 6.45) is 5.90. The maximum absolute atomic E-state index is 5.72. The van der Waals surface area contributed by atoms with E-state index in [1.54, 1.807) is 0 Å². The average Bonchev–Trinajstić information content (AvgIpc) is 2.76. The van der Waals surface area contributed by atoms with Crippen molar-refractivity contribution in [2.75, 3.05) is 32.8 Å². The summed E-state index contributed by atoms with van der Waals surface area (Å²) in [6.45, 7) is 4.32. The van der Waals surface area contributed by atoms with Crippen molar-refractivity contribution in [1.29, 1.82) is 0 Å². The Labute approximate surface area is 97.9 Å². The summed E-state index contributed by atoms with van der Waals surface area (Å²) >= 11 is 0. The van der Waals surface area contributed by atoms with Crippen molar-refractivity contribution in [2.24, 2.45) is 11.7 Å². The van der Waals surface area contributed by atoms with Gasteiger partial charge in [-0.25, -0.2) is 0 Å². The van der Waals surface area contributed by atoms with Gasteiger partial charge in [0.05, 0.1) is 13.2 Å². The van der Waals surface area contributed by atoms with Crippen LogP contribution in [0, 0.1) is 5.92 Å². The van der Waals surface area contributed by atoms with E-state index < -0.39 is 0 Å². The minimum Gasteiger partial charge on any atom is -0.348 e. The molecule has 1 saturated carbocycles. The van der Waals surface area contributed by atoms with E-state index in [1.165, 1.54) is 19.3 Å². The van der Waals surface area contributed by atoms with Crippen molar-refractivity contribution in [3.05, 3.63) is 0 Å². The molecule has 0 bridgehead atoms. The molecular weight excluding hydrogens is 204 g/mol. The third kappa shape index (κ3) is 3.17. The summed E-state index contributed by atoms with van der Waals surface area (Å²) in [5.74, 6) is 0.643. The predicted molar refractivity (Wildman–Crippen MR) is 63.1 cm³/mol. The van der Waals surface area contributed by atoms with Crippen LogP contribution < -0.4 is 11.1 Å². The van der Waals surface area contributed by atoms with Gasteiger partial charge >= 0.3 is 0 Å². The van der Waals surface area contributed by atoms with Crippen molar-refractivity contribution in [1.82, 2.24) is 5.32 Å². The second kappa shape index (κ2) is 5.96. The van der Waals surface area contributed by atoms with Gasteiger partial charge in [-0.1, -0.05) is 0 Å². The van der Waals surface area contributed by atoms with Crippen LogP contribution in [-0.2, 0) is 9.47 Å². The number of hydrogen-bond donors (Lipinski definition) is 2. The molecule has 0 amide bonds. The minimum atomic E-state index is -0.193. The van der Waals surface area contributed by atoms with Gasteiger partial charge in [0, 0.05) is 25.9 Å². The zero-order chi connectivity index (χ0) is 11.3. The molecule has 4 nitrogen and oxygen atoms in total. The molecule has 2 rings (SSSR count). The molecule has 16 heavy (non-hydrogen) atoms. The molecular formula is C12H24N2O2. The van der Waals surface area contributed by atoms with E-state index >= 15 is 0 Å². The van der Waals surface area contributed by atoms with Crippen molar-refractivity contribution in [3.8, 4) is 0 Å². The van der Waals surface area contributed by atoms with Crippen LogP contribution in [0.4, 0.5) is 0 Å². The highest BCUT2D eigenvalue weighted by molar-refractivity contribution is 4.82. The van der Waals surface area contributed by atoms with Crippen LogP contribution in [0.5, 0.6) is 0 Å². The van der Waals surface area contributed by atoms with Crippen LogP contribution in [0.2, 0.25) is 0 Å². The Morgan fingerprint density at radius 3 is 2.44 bits per heavy atom. The zero-order valence-corrected chi connectivity index (χ0v) is 10.0. The molecule has 4 heteroatoms. The number of ether oxygens (including phenoxy) is 2. The van der Waals surface area contributed by atoms with E-state index in [0.29, 0.717) is 0 Å². The maximum Gasteiger partial charge on any atom is 0.168 e. The van der Waals surface area contributed by atoms with Gasteiger partial charge in [0.15, 0.2) is 5.79 Å². The summed E-state index contributed by atoms with van der Waals surface area (Å²) in [5.41, 5.74) is 5.43. The first-order valence-electron chi connectivity index (χ1n) is 6.53. The molecule has 0 aromatic rings. The first kappa shape index (κ1) is 12.3. The Bertz CT molecular complexity index is 195. The van der Waals surface area contributed by atoms with Crippen LogP contribution in [0.25, 0.3) is 0 Å². The van der Waals surface area contributed by atoms with E-state index in [4.69, 9.17) is 15.2 Å². The van der Waals surface area contributed by atoms with E-state index in [9.17, 15) is 0 Å². The Balaban J connectivity index is 1.61. The van der Waals surface area contributed by atoms with Crippen molar-refractivity contribution < 1.29 is 9.47 Å². The quantitative estimate of drug-likeness (QED) is 0.685. The SMILES string of the molecule is NCCNCCC1CCC2(CC1)OCCO2. The average molecular weight is 228 g/mol. The molecule has 0 aromatic carbocycles. The van der Waals surface area contributed by atoms with Crippen LogP contribution in [-0.4, -0.2) is 38.6 Å². The molecule has 1 saturated heterocycles. The fourth-order valence-electron chi connectivity index (χ4n) is 2.73.